The molecular formula is C21H21N5O2S. The Morgan fingerprint density at radius 2 is 2.17 bits per heavy atom. The smallest absolute Gasteiger partial charge is 0.255 e. The largest absolute Gasteiger partial charge is 0.359 e. The molecule has 0 radical (unpaired) electrons. The van der Waals surface area contributed by atoms with Crippen LogP contribution in [0.5, 0.6) is 0 Å². The molecule has 0 bridgehead atoms. The van der Waals surface area contributed by atoms with Gasteiger partial charge in [-0.1, -0.05) is 11.2 Å². The van der Waals surface area contributed by atoms with Crippen molar-refractivity contribution in [3.8, 4) is 10.6 Å². The summed E-state index contributed by atoms with van der Waals surface area (Å²) in [4.78, 5) is 21.5. The van der Waals surface area contributed by atoms with Crippen LogP contribution in [0.3, 0.4) is 0 Å². The fourth-order valence-electron chi connectivity index (χ4n) is 4.16. The zero-order valence-corrected chi connectivity index (χ0v) is 17.4. The van der Waals surface area contributed by atoms with Crippen LogP contribution in [0.4, 0.5) is 0 Å². The summed E-state index contributed by atoms with van der Waals surface area (Å²) in [6, 6.07) is 7.75. The van der Waals surface area contributed by atoms with Crippen molar-refractivity contribution in [1.82, 2.24) is 24.8 Å². The lowest BCUT2D eigenvalue weighted by molar-refractivity contribution is 0.0716. The van der Waals surface area contributed by atoms with Crippen molar-refractivity contribution >= 4 is 28.3 Å². The molecule has 1 aliphatic rings. The van der Waals surface area contributed by atoms with Crippen molar-refractivity contribution < 1.29 is 9.32 Å². The van der Waals surface area contributed by atoms with Gasteiger partial charge in [-0.3, -0.25) is 9.48 Å². The standard InChI is InChI=1S/C21H21N5O2S/c1-12-10-17(28-24-12)16-6-4-8-26(16)21(27)14-11-15(18-7-5-9-29-18)22-20-19(14)13(2)23-25(20)3/h5,7,9-11,16H,4,6,8H2,1-3H3/t16-/m1/s1. The van der Waals surface area contributed by atoms with E-state index in [0.717, 1.165) is 51.6 Å². The van der Waals surface area contributed by atoms with Gasteiger partial charge in [-0.05, 0) is 44.2 Å². The van der Waals surface area contributed by atoms with E-state index < -0.39 is 0 Å². The molecule has 1 aliphatic heterocycles. The summed E-state index contributed by atoms with van der Waals surface area (Å²) in [6.07, 6.45) is 1.81. The van der Waals surface area contributed by atoms with Crippen molar-refractivity contribution in [2.24, 2.45) is 7.05 Å². The minimum atomic E-state index is -0.0888. The second-order valence-corrected chi connectivity index (χ2v) is 8.41. The van der Waals surface area contributed by atoms with Gasteiger partial charge in [0.05, 0.1) is 39.0 Å². The number of amides is 1. The summed E-state index contributed by atoms with van der Waals surface area (Å²) >= 11 is 1.61. The number of hydrogen-bond acceptors (Lipinski definition) is 6. The minimum Gasteiger partial charge on any atom is -0.359 e. The van der Waals surface area contributed by atoms with Gasteiger partial charge in [0.15, 0.2) is 11.4 Å². The van der Waals surface area contributed by atoms with Crippen molar-refractivity contribution in [3.63, 3.8) is 0 Å². The summed E-state index contributed by atoms with van der Waals surface area (Å²) in [6.45, 7) is 4.51. The van der Waals surface area contributed by atoms with E-state index in [-0.39, 0.29) is 11.9 Å². The number of carbonyl (C=O) groups excluding carboxylic acids is 1. The first-order valence-corrected chi connectivity index (χ1v) is 10.5. The SMILES string of the molecule is Cc1cc([C@H]2CCCN2C(=O)c2cc(-c3cccs3)nc3c2c(C)nn3C)on1. The van der Waals surface area contributed by atoms with Crippen LogP contribution < -0.4 is 0 Å². The van der Waals surface area contributed by atoms with Gasteiger partial charge in [0.2, 0.25) is 0 Å². The van der Waals surface area contributed by atoms with E-state index in [0.29, 0.717) is 12.1 Å². The zero-order chi connectivity index (χ0) is 20.1. The average Bonchev–Trinajstić information content (AvgIpc) is 3.48. The van der Waals surface area contributed by atoms with Crippen molar-refractivity contribution in [1.29, 1.82) is 0 Å². The van der Waals surface area contributed by atoms with Crippen LogP contribution in [0.1, 0.15) is 46.4 Å². The Balaban J connectivity index is 1.64. The number of fused-ring (bicyclic) bond motifs is 1. The molecule has 1 atom stereocenters. The maximum atomic E-state index is 13.7. The molecule has 5 rings (SSSR count). The lowest BCUT2D eigenvalue weighted by Gasteiger charge is -2.23. The lowest BCUT2D eigenvalue weighted by Crippen LogP contribution is -2.30. The third-order valence-corrected chi connectivity index (χ3v) is 6.35. The van der Waals surface area contributed by atoms with Gasteiger partial charge in [0.1, 0.15) is 0 Å². The van der Waals surface area contributed by atoms with E-state index in [9.17, 15) is 4.79 Å². The lowest BCUT2D eigenvalue weighted by atomic mass is 10.1. The molecule has 5 heterocycles. The van der Waals surface area contributed by atoms with Gasteiger partial charge in [-0.15, -0.1) is 11.3 Å². The average molecular weight is 407 g/mol. The molecule has 7 nitrogen and oxygen atoms in total. The first kappa shape index (κ1) is 18.1. The van der Waals surface area contributed by atoms with Crippen LogP contribution in [0.25, 0.3) is 21.6 Å². The van der Waals surface area contributed by atoms with Crippen LogP contribution in [0.2, 0.25) is 0 Å². The number of carbonyl (C=O) groups is 1. The predicted molar refractivity (Wildman–Crippen MR) is 111 cm³/mol. The highest BCUT2D eigenvalue weighted by molar-refractivity contribution is 7.13. The maximum absolute atomic E-state index is 13.7. The molecular weight excluding hydrogens is 386 g/mol. The van der Waals surface area contributed by atoms with E-state index in [1.165, 1.54) is 0 Å². The molecule has 4 aromatic heterocycles. The second-order valence-electron chi connectivity index (χ2n) is 7.47. The first-order chi connectivity index (χ1) is 14.0. The fourth-order valence-corrected chi connectivity index (χ4v) is 4.85. The molecule has 4 aromatic rings. The van der Waals surface area contributed by atoms with Gasteiger partial charge in [0.25, 0.3) is 5.91 Å². The normalized spacial score (nSPS) is 16.8. The highest BCUT2D eigenvalue weighted by Gasteiger charge is 2.34. The van der Waals surface area contributed by atoms with Crippen LogP contribution in [0, 0.1) is 13.8 Å². The number of aromatic nitrogens is 4. The van der Waals surface area contributed by atoms with E-state index in [1.54, 1.807) is 16.0 Å². The predicted octanol–water partition coefficient (Wildman–Crippen LogP) is 4.28. The molecule has 1 amide bonds. The summed E-state index contributed by atoms with van der Waals surface area (Å²) < 4.78 is 7.24. The Morgan fingerprint density at radius 3 is 2.90 bits per heavy atom. The Labute approximate surface area is 171 Å². The molecule has 1 saturated heterocycles. The van der Waals surface area contributed by atoms with Crippen LogP contribution in [-0.4, -0.2) is 37.3 Å². The van der Waals surface area contributed by atoms with E-state index >= 15 is 0 Å². The molecule has 0 spiro atoms. The number of hydrogen-bond donors (Lipinski definition) is 0. The third-order valence-electron chi connectivity index (χ3n) is 5.46. The first-order valence-electron chi connectivity index (χ1n) is 9.65. The highest BCUT2D eigenvalue weighted by atomic mass is 32.1. The molecule has 8 heteroatoms. The van der Waals surface area contributed by atoms with Crippen LogP contribution >= 0.6 is 11.3 Å². The molecule has 0 aromatic carbocycles. The second kappa shape index (κ2) is 6.81. The molecule has 1 fully saturated rings. The Bertz CT molecular complexity index is 1210. The molecule has 29 heavy (non-hydrogen) atoms. The van der Waals surface area contributed by atoms with Crippen molar-refractivity contribution in [2.45, 2.75) is 32.7 Å². The van der Waals surface area contributed by atoms with Crippen LogP contribution in [0.15, 0.2) is 34.2 Å². The number of aryl methyl sites for hydroxylation is 3. The third kappa shape index (κ3) is 2.95. The monoisotopic (exact) mass is 407 g/mol. The summed E-state index contributed by atoms with van der Waals surface area (Å²) in [5.41, 5.74) is 3.80. The van der Waals surface area contributed by atoms with Gasteiger partial charge in [-0.2, -0.15) is 5.10 Å². The zero-order valence-electron chi connectivity index (χ0n) is 16.5. The minimum absolute atomic E-state index is 0.0112. The summed E-state index contributed by atoms with van der Waals surface area (Å²) in [5, 5.41) is 11.4. The highest BCUT2D eigenvalue weighted by Crippen LogP contribution is 2.36. The Hall–Kier alpha value is -3.00. The molecule has 0 aliphatic carbocycles. The number of rotatable bonds is 3. The Kier molecular flexibility index (Phi) is 4.24. The van der Waals surface area contributed by atoms with Crippen molar-refractivity contribution in [2.75, 3.05) is 6.54 Å². The van der Waals surface area contributed by atoms with Gasteiger partial charge in [0, 0.05) is 19.7 Å². The summed E-state index contributed by atoms with van der Waals surface area (Å²) in [7, 11) is 1.87. The molecule has 148 valence electrons. The van der Waals surface area contributed by atoms with Gasteiger partial charge in [-0.25, -0.2) is 4.98 Å². The number of pyridine rings is 1. The number of thiophene rings is 1. The molecule has 0 saturated carbocycles. The number of likely N-dealkylation sites (tertiary alicyclic amines) is 1. The molecule has 0 unspecified atom stereocenters. The quantitative estimate of drug-likeness (QED) is 0.507. The van der Waals surface area contributed by atoms with E-state index in [4.69, 9.17) is 9.51 Å². The van der Waals surface area contributed by atoms with Crippen LogP contribution in [-0.2, 0) is 7.05 Å². The van der Waals surface area contributed by atoms with E-state index in [2.05, 4.69) is 10.3 Å². The summed E-state index contributed by atoms with van der Waals surface area (Å²) in [5.74, 6) is 0.739. The van der Waals surface area contributed by atoms with Gasteiger partial charge < -0.3 is 9.42 Å². The topological polar surface area (TPSA) is 77.0 Å². The van der Waals surface area contributed by atoms with Crippen molar-refractivity contribution in [3.05, 3.63) is 52.4 Å². The molecule has 0 N–H and O–H groups in total. The number of nitrogens with zero attached hydrogens (tertiary/aromatic N) is 5. The fraction of sp³-hybridized carbons (Fsp3) is 0.333. The van der Waals surface area contributed by atoms with Gasteiger partial charge >= 0.3 is 0 Å². The maximum Gasteiger partial charge on any atom is 0.255 e. The van der Waals surface area contributed by atoms with E-state index in [1.807, 2.05) is 55.4 Å². The Morgan fingerprint density at radius 1 is 1.31 bits per heavy atom.